The third kappa shape index (κ3) is 4.95. The fourth-order valence-electron chi connectivity index (χ4n) is 2.30. The minimum Gasteiger partial charge on any atom is -0.481 e. The molecule has 7 heteroatoms. The Morgan fingerprint density at radius 1 is 1.19 bits per heavy atom. The van der Waals surface area contributed by atoms with Gasteiger partial charge in [0.1, 0.15) is 0 Å². The first-order valence-corrected chi connectivity index (χ1v) is 8.54. The lowest BCUT2D eigenvalue weighted by Crippen LogP contribution is -2.32. The molecule has 0 spiro atoms. The fraction of sp³-hybridized carbons (Fsp3) is 0.316. The summed E-state index contributed by atoms with van der Waals surface area (Å²) in [5.41, 5.74) is -0.0638. The van der Waals surface area contributed by atoms with Crippen molar-refractivity contribution in [2.24, 2.45) is 5.41 Å². The van der Waals surface area contributed by atoms with E-state index in [1.807, 2.05) is 12.1 Å². The molecule has 0 unspecified atom stereocenters. The van der Waals surface area contributed by atoms with E-state index in [-0.39, 0.29) is 24.6 Å². The summed E-state index contributed by atoms with van der Waals surface area (Å²) in [6.07, 6.45) is 1.77. The number of aromatic nitrogens is 1. The van der Waals surface area contributed by atoms with E-state index in [0.717, 1.165) is 5.56 Å². The number of carboxylic acids is 1. The average molecular weight is 377 g/mol. The molecule has 1 aromatic carbocycles. The van der Waals surface area contributed by atoms with E-state index in [1.54, 1.807) is 26.0 Å². The highest BCUT2D eigenvalue weighted by Gasteiger charge is 2.26. The number of benzene rings is 1. The van der Waals surface area contributed by atoms with Crippen LogP contribution in [0.1, 0.15) is 36.2 Å². The van der Waals surface area contributed by atoms with Crippen LogP contribution in [0, 0.1) is 5.41 Å². The summed E-state index contributed by atoms with van der Waals surface area (Å²) in [6.45, 7) is 3.68. The molecule has 138 valence electrons. The Morgan fingerprint density at radius 2 is 1.88 bits per heavy atom. The Balaban J connectivity index is 2.09. The maximum atomic E-state index is 12.3. The van der Waals surface area contributed by atoms with Crippen LogP contribution in [0.4, 0.5) is 0 Å². The number of halogens is 1. The smallest absolute Gasteiger partial charge is 0.309 e. The van der Waals surface area contributed by atoms with Gasteiger partial charge in [-0.2, -0.15) is 0 Å². The maximum absolute atomic E-state index is 12.3. The second-order valence-corrected chi connectivity index (χ2v) is 7.08. The Hall–Kier alpha value is -2.60. The van der Waals surface area contributed by atoms with Gasteiger partial charge in [-0.25, -0.2) is 0 Å². The molecule has 0 saturated carbocycles. The minimum atomic E-state index is -0.921. The van der Waals surface area contributed by atoms with E-state index in [1.165, 1.54) is 22.9 Å². The molecule has 0 bridgehead atoms. The highest BCUT2D eigenvalue weighted by Crippen LogP contribution is 2.19. The molecule has 6 nitrogen and oxygen atoms in total. The van der Waals surface area contributed by atoms with E-state index < -0.39 is 11.4 Å². The molecule has 1 heterocycles. The van der Waals surface area contributed by atoms with Gasteiger partial charge >= 0.3 is 5.97 Å². The number of aliphatic carboxylic acids is 1. The summed E-state index contributed by atoms with van der Waals surface area (Å²) in [6, 6.07) is 9.96. The van der Waals surface area contributed by atoms with Crippen molar-refractivity contribution < 1.29 is 14.7 Å². The zero-order chi connectivity index (χ0) is 19.3. The molecule has 0 fully saturated rings. The fourth-order valence-corrected chi connectivity index (χ4v) is 2.49. The van der Waals surface area contributed by atoms with Gasteiger partial charge in [-0.05, 0) is 38.0 Å². The molecule has 2 aromatic rings. The molecule has 2 N–H and O–H groups in total. The predicted molar refractivity (Wildman–Crippen MR) is 99.6 cm³/mol. The maximum Gasteiger partial charge on any atom is 0.309 e. The second kappa shape index (κ2) is 8.19. The second-order valence-electron chi connectivity index (χ2n) is 6.67. The van der Waals surface area contributed by atoms with Crippen molar-refractivity contribution in [2.45, 2.75) is 26.8 Å². The first-order chi connectivity index (χ1) is 12.2. The van der Waals surface area contributed by atoms with E-state index >= 15 is 0 Å². The van der Waals surface area contributed by atoms with Crippen LogP contribution in [0.5, 0.6) is 0 Å². The van der Waals surface area contributed by atoms with Crippen LogP contribution in [-0.4, -0.2) is 28.1 Å². The first kappa shape index (κ1) is 19.7. The van der Waals surface area contributed by atoms with Crippen LogP contribution in [0.15, 0.2) is 47.4 Å². The van der Waals surface area contributed by atoms with E-state index in [0.29, 0.717) is 17.0 Å². The largest absolute Gasteiger partial charge is 0.481 e. The highest BCUT2D eigenvalue weighted by molar-refractivity contribution is 6.31. The highest BCUT2D eigenvalue weighted by atomic mass is 35.5. The van der Waals surface area contributed by atoms with Crippen molar-refractivity contribution >= 4 is 23.5 Å². The van der Waals surface area contributed by atoms with E-state index in [9.17, 15) is 14.4 Å². The van der Waals surface area contributed by atoms with Crippen molar-refractivity contribution in [1.29, 1.82) is 0 Å². The summed E-state index contributed by atoms with van der Waals surface area (Å²) in [5, 5.41) is 12.3. The Kier molecular flexibility index (Phi) is 6.21. The lowest BCUT2D eigenvalue weighted by molar-refractivity contribution is -0.147. The number of carboxylic acid groups (broad SMARTS) is 1. The van der Waals surface area contributed by atoms with E-state index in [2.05, 4.69) is 5.32 Å². The molecule has 0 radical (unpaired) electrons. The van der Waals surface area contributed by atoms with Crippen LogP contribution in [0.2, 0.25) is 5.02 Å². The monoisotopic (exact) mass is 376 g/mol. The molecule has 0 aliphatic carbocycles. The molecule has 0 aliphatic heterocycles. The summed E-state index contributed by atoms with van der Waals surface area (Å²) >= 11 is 6.12. The molecule has 1 amide bonds. The topological polar surface area (TPSA) is 88.4 Å². The molecule has 0 saturated heterocycles. The molecular weight excluding hydrogens is 356 g/mol. The number of carbonyl (C=O) groups excluding carboxylic acids is 1. The number of pyridine rings is 1. The number of carbonyl (C=O) groups is 2. The van der Waals surface area contributed by atoms with Crippen molar-refractivity contribution in [2.75, 3.05) is 6.54 Å². The van der Waals surface area contributed by atoms with Gasteiger partial charge in [-0.15, -0.1) is 0 Å². The summed E-state index contributed by atoms with van der Waals surface area (Å²) in [4.78, 5) is 35.4. The zero-order valence-corrected chi connectivity index (χ0v) is 15.4. The lowest BCUT2D eigenvalue weighted by Gasteiger charge is -2.19. The lowest BCUT2D eigenvalue weighted by atomic mass is 9.90. The number of nitrogens with zero attached hydrogens (tertiary/aromatic N) is 1. The van der Waals surface area contributed by atoms with Gasteiger partial charge in [-0.1, -0.05) is 29.8 Å². The Labute approximate surface area is 156 Å². The predicted octanol–water partition coefficient (Wildman–Crippen LogP) is 2.78. The quantitative estimate of drug-likeness (QED) is 0.777. The summed E-state index contributed by atoms with van der Waals surface area (Å²) in [7, 11) is 0. The number of nitrogens with one attached hydrogen (secondary N) is 1. The van der Waals surface area contributed by atoms with Crippen molar-refractivity contribution in [1.82, 2.24) is 9.88 Å². The van der Waals surface area contributed by atoms with Gasteiger partial charge in [0.15, 0.2) is 0 Å². The zero-order valence-electron chi connectivity index (χ0n) is 14.7. The molecule has 2 rings (SSSR count). The number of hydrogen-bond acceptors (Lipinski definition) is 3. The van der Waals surface area contributed by atoms with Crippen molar-refractivity contribution in [3.63, 3.8) is 0 Å². The van der Waals surface area contributed by atoms with Crippen molar-refractivity contribution in [3.8, 4) is 0 Å². The van der Waals surface area contributed by atoms with Crippen LogP contribution in [0.25, 0.3) is 0 Å². The van der Waals surface area contributed by atoms with Gasteiger partial charge < -0.3 is 15.0 Å². The first-order valence-electron chi connectivity index (χ1n) is 8.16. The van der Waals surface area contributed by atoms with Crippen LogP contribution < -0.4 is 10.9 Å². The third-order valence-electron chi connectivity index (χ3n) is 4.16. The van der Waals surface area contributed by atoms with Crippen LogP contribution in [-0.2, 0) is 11.3 Å². The van der Waals surface area contributed by atoms with Gasteiger partial charge in [0, 0.05) is 23.8 Å². The molecule has 1 aromatic heterocycles. The normalized spacial score (nSPS) is 11.2. The van der Waals surface area contributed by atoms with Gasteiger partial charge in [0.25, 0.3) is 11.5 Å². The van der Waals surface area contributed by atoms with Gasteiger partial charge in [0.2, 0.25) is 0 Å². The Bertz CT molecular complexity index is 874. The average Bonchev–Trinajstić information content (AvgIpc) is 2.58. The van der Waals surface area contributed by atoms with Gasteiger partial charge in [-0.3, -0.25) is 14.4 Å². The minimum absolute atomic E-state index is 0.224. The summed E-state index contributed by atoms with van der Waals surface area (Å²) < 4.78 is 1.41. The number of rotatable bonds is 7. The molecule has 0 atom stereocenters. The SMILES string of the molecule is CC(C)(CCNC(=O)c1ccc(=O)n(Cc2ccccc2Cl)c1)C(=O)O. The molecule has 0 aliphatic rings. The molecule has 26 heavy (non-hydrogen) atoms. The van der Waals surface area contributed by atoms with E-state index in [4.69, 9.17) is 16.7 Å². The number of hydrogen-bond donors (Lipinski definition) is 2. The Morgan fingerprint density at radius 3 is 2.54 bits per heavy atom. The standard InChI is InChI=1S/C19H21ClN2O4/c1-19(2,18(25)26)9-10-21-17(24)14-7-8-16(23)22(12-14)11-13-5-3-4-6-15(13)20/h3-8,12H,9-11H2,1-2H3,(H,21,24)(H,25,26). The van der Waals surface area contributed by atoms with Crippen molar-refractivity contribution in [3.05, 3.63) is 69.1 Å². The van der Waals surface area contributed by atoms with Crippen LogP contribution in [0.3, 0.4) is 0 Å². The number of amides is 1. The molecular formula is C19H21ClN2O4. The van der Waals surface area contributed by atoms with Crippen LogP contribution >= 0.6 is 11.6 Å². The summed E-state index contributed by atoms with van der Waals surface area (Å²) in [5.74, 6) is -1.28. The third-order valence-corrected chi connectivity index (χ3v) is 4.53. The van der Waals surface area contributed by atoms with Gasteiger partial charge in [0.05, 0.1) is 17.5 Å².